The van der Waals surface area contributed by atoms with Crippen molar-refractivity contribution in [1.82, 2.24) is 25.6 Å². The van der Waals surface area contributed by atoms with Gasteiger partial charge in [-0.25, -0.2) is 18.9 Å². The number of amides is 1. The number of hydrogen-bond acceptors (Lipinski definition) is 7. The van der Waals surface area contributed by atoms with E-state index in [0.29, 0.717) is 25.7 Å². The van der Waals surface area contributed by atoms with E-state index in [9.17, 15) is 26.4 Å². The van der Waals surface area contributed by atoms with E-state index >= 15 is 0 Å². The lowest BCUT2D eigenvalue weighted by atomic mass is 9.74. The Labute approximate surface area is 235 Å². The van der Waals surface area contributed by atoms with Gasteiger partial charge in [0.05, 0.1) is 23.2 Å². The fraction of sp³-hybridized carbons (Fsp3) is 0.962. The van der Waals surface area contributed by atoms with Crippen LogP contribution < -0.4 is 10.7 Å². The van der Waals surface area contributed by atoms with Crippen molar-refractivity contribution in [3.05, 3.63) is 0 Å². The number of halogens is 4. The summed E-state index contributed by atoms with van der Waals surface area (Å²) in [5.74, 6) is -2.18. The summed E-state index contributed by atoms with van der Waals surface area (Å²) >= 11 is 6.41. The van der Waals surface area contributed by atoms with Crippen LogP contribution in [-0.2, 0) is 14.6 Å². The maximum atomic E-state index is 14.4. The van der Waals surface area contributed by atoms with Gasteiger partial charge in [-0.2, -0.15) is 13.2 Å². The number of fused-ring (bicyclic) bond motifs is 3. The standard InChI is InChI=1S/C26H43ClF3N5O3S/c1-25(2)13-19-20(14-31-22-12-21(27)32-35(19)22)34(15-25)18-6-4-16(5-7-18)23(26(28,29)30)33(3)24(36)17-8-10-39(37,38)11-9-17/h16-23,31-32H,4-15H2,1-3H3/t16?,18?,19?,20?,21?,22?,23-/m0/s1. The molecule has 224 valence electrons. The first-order valence-electron chi connectivity index (χ1n) is 14.4. The number of carbonyl (C=O) groups excluding carboxylic acids is 1. The van der Waals surface area contributed by atoms with Gasteiger partial charge in [0.2, 0.25) is 5.91 Å². The summed E-state index contributed by atoms with van der Waals surface area (Å²) in [6.45, 7) is 6.28. The van der Waals surface area contributed by atoms with E-state index in [-0.39, 0.29) is 59.6 Å². The third-order valence-corrected chi connectivity index (χ3v) is 11.9. The van der Waals surface area contributed by atoms with Crippen molar-refractivity contribution in [3.8, 4) is 0 Å². The number of hydrogen-bond donors (Lipinski definition) is 2. The molecule has 0 aromatic rings. The molecule has 2 N–H and O–H groups in total. The van der Waals surface area contributed by atoms with Crippen LogP contribution >= 0.6 is 11.6 Å². The van der Waals surface area contributed by atoms with E-state index in [4.69, 9.17) is 11.6 Å². The molecule has 5 atom stereocenters. The third kappa shape index (κ3) is 6.26. The van der Waals surface area contributed by atoms with E-state index in [1.165, 1.54) is 7.05 Å². The second-order valence-corrected chi connectivity index (χ2v) is 16.1. The molecule has 5 rings (SSSR count). The second-order valence-electron chi connectivity index (χ2n) is 13.3. The molecular formula is C26H43ClF3N5O3S. The Morgan fingerprint density at radius 3 is 2.33 bits per heavy atom. The van der Waals surface area contributed by atoms with E-state index in [1.54, 1.807) is 0 Å². The molecule has 39 heavy (non-hydrogen) atoms. The number of hydrazine groups is 1. The lowest BCUT2D eigenvalue weighted by molar-refractivity contribution is -0.203. The number of sulfone groups is 1. The molecule has 8 nitrogen and oxygen atoms in total. The predicted octanol–water partition coefficient (Wildman–Crippen LogP) is 2.93. The summed E-state index contributed by atoms with van der Waals surface area (Å²) in [7, 11) is -1.95. The predicted molar refractivity (Wildman–Crippen MR) is 143 cm³/mol. The van der Waals surface area contributed by atoms with Crippen molar-refractivity contribution in [1.29, 1.82) is 0 Å². The molecule has 1 aliphatic carbocycles. The molecule has 13 heteroatoms. The molecule has 0 radical (unpaired) electrons. The molecule has 4 saturated heterocycles. The lowest BCUT2D eigenvalue weighted by Crippen LogP contribution is -2.72. The summed E-state index contributed by atoms with van der Waals surface area (Å²) < 4.78 is 66.7. The van der Waals surface area contributed by atoms with Crippen LogP contribution in [0.15, 0.2) is 0 Å². The van der Waals surface area contributed by atoms with Crippen molar-refractivity contribution in [2.45, 2.75) is 107 Å². The van der Waals surface area contributed by atoms with Crippen molar-refractivity contribution in [3.63, 3.8) is 0 Å². The van der Waals surface area contributed by atoms with Crippen LogP contribution in [0.25, 0.3) is 0 Å². The van der Waals surface area contributed by atoms with Crippen molar-refractivity contribution < 1.29 is 26.4 Å². The minimum Gasteiger partial charge on any atom is -0.333 e. The third-order valence-electron chi connectivity index (χ3n) is 9.88. The highest BCUT2D eigenvalue weighted by atomic mass is 35.5. The quantitative estimate of drug-likeness (QED) is 0.381. The van der Waals surface area contributed by atoms with E-state index in [2.05, 4.69) is 34.5 Å². The Bertz CT molecular complexity index is 1010. The Balaban J connectivity index is 1.26. The maximum absolute atomic E-state index is 14.4. The van der Waals surface area contributed by atoms with Gasteiger partial charge < -0.3 is 4.90 Å². The van der Waals surface area contributed by atoms with Gasteiger partial charge >= 0.3 is 6.18 Å². The van der Waals surface area contributed by atoms with Gasteiger partial charge in [0, 0.05) is 50.6 Å². The van der Waals surface area contributed by atoms with Crippen LogP contribution in [0.3, 0.4) is 0 Å². The number of nitrogens with one attached hydrogen (secondary N) is 2. The summed E-state index contributed by atoms with van der Waals surface area (Å²) in [5.41, 5.74) is 3.39. The molecule has 0 aromatic carbocycles. The summed E-state index contributed by atoms with van der Waals surface area (Å²) in [6.07, 6.45) is -0.147. The molecule has 4 heterocycles. The van der Waals surface area contributed by atoms with Gasteiger partial charge in [-0.3, -0.25) is 15.0 Å². The Morgan fingerprint density at radius 1 is 1.08 bits per heavy atom. The molecule has 5 fully saturated rings. The normalized spacial score (nSPS) is 38.5. The molecule has 1 saturated carbocycles. The molecule has 4 aliphatic heterocycles. The molecule has 5 aliphatic rings. The number of carbonyl (C=O) groups is 1. The molecule has 0 aromatic heterocycles. The average Bonchev–Trinajstić information content (AvgIpc) is 3.23. The zero-order chi connectivity index (χ0) is 28.3. The maximum Gasteiger partial charge on any atom is 0.409 e. The van der Waals surface area contributed by atoms with Crippen molar-refractivity contribution in [2.75, 3.05) is 31.6 Å². The van der Waals surface area contributed by atoms with Crippen molar-refractivity contribution in [2.24, 2.45) is 17.3 Å². The number of alkyl halides is 4. The zero-order valence-electron chi connectivity index (χ0n) is 23.1. The van der Waals surface area contributed by atoms with Crippen LogP contribution in [0.2, 0.25) is 0 Å². The Kier molecular flexibility index (Phi) is 8.31. The van der Waals surface area contributed by atoms with Gasteiger partial charge in [0.15, 0.2) is 0 Å². The SMILES string of the molecule is CN(C(=O)C1CCS(=O)(=O)CC1)[C@@H](C1CCC(N2CC(C)(C)CC3C2CNC2CC(Cl)NN23)CC1)C(F)(F)F. The van der Waals surface area contributed by atoms with Gasteiger partial charge in [0.1, 0.15) is 15.9 Å². The van der Waals surface area contributed by atoms with Crippen molar-refractivity contribution >= 4 is 27.3 Å². The van der Waals surface area contributed by atoms with Gasteiger partial charge in [-0.1, -0.05) is 13.8 Å². The highest BCUT2D eigenvalue weighted by Crippen LogP contribution is 2.44. The Morgan fingerprint density at radius 2 is 1.72 bits per heavy atom. The van der Waals surface area contributed by atoms with E-state index in [1.807, 2.05) is 0 Å². The van der Waals surface area contributed by atoms with Gasteiger partial charge in [-0.05, 0) is 56.3 Å². The van der Waals surface area contributed by atoms with Crippen LogP contribution in [0.4, 0.5) is 13.2 Å². The lowest BCUT2D eigenvalue weighted by Gasteiger charge is -2.57. The summed E-state index contributed by atoms with van der Waals surface area (Å²) in [5, 5.41) is 5.90. The largest absolute Gasteiger partial charge is 0.409 e. The van der Waals surface area contributed by atoms with Gasteiger partial charge in [-0.15, -0.1) is 11.6 Å². The van der Waals surface area contributed by atoms with Crippen LogP contribution in [-0.4, -0.2) is 103 Å². The molecule has 4 unspecified atom stereocenters. The van der Waals surface area contributed by atoms with Crippen LogP contribution in [0, 0.1) is 17.3 Å². The first-order chi connectivity index (χ1) is 18.2. The fourth-order valence-corrected chi connectivity index (χ4v) is 9.80. The number of likely N-dealkylation sites (tertiary alicyclic amines) is 1. The first-order valence-corrected chi connectivity index (χ1v) is 16.6. The summed E-state index contributed by atoms with van der Waals surface area (Å²) in [6, 6.07) is -1.11. The zero-order valence-corrected chi connectivity index (χ0v) is 24.7. The topological polar surface area (TPSA) is 85.0 Å². The summed E-state index contributed by atoms with van der Waals surface area (Å²) in [4.78, 5) is 16.5. The molecule has 0 bridgehead atoms. The van der Waals surface area contributed by atoms with Gasteiger partial charge in [0.25, 0.3) is 0 Å². The van der Waals surface area contributed by atoms with Crippen LogP contribution in [0.5, 0.6) is 0 Å². The highest BCUT2D eigenvalue weighted by molar-refractivity contribution is 7.91. The minimum absolute atomic E-state index is 0.0700. The molecular weight excluding hydrogens is 555 g/mol. The number of rotatable bonds is 4. The monoisotopic (exact) mass is 597 g/mol. The highest BCUT2D eigenvalue weighted by Gasteiger charge is 2.53. The van der Waals surface area contributed by atoms with E-state index in [0.717, 1.165) is 30.8 Å². The number of piperidine rings is 1. The number of nitrogens with zero attached hydrogens (tertiary/aromatic N) is 3. The molecule has 0 spiro atoms. The smallest absolute Gasteiger partial charge is 0.333 e. The Hall–Kier alpha value is -0.660. The molecule has 1 amide bonds. The minimum atomic E-state index is -4.54. The second kappa shape index (κ2) is 10.9. The first kappa shape index (κ1) is 29.8. The fourth-order valence-electron chi connectivity index (χ4n) is 8.03. The average molecular weight is 598 g/mol. The van der Waals surface area contributed by atoms with Crippen LogP contribution in [0.1, 0.15) is 65.2 Å². The van der Waals surface area contributed by atoms with E-state index < -0.39 is 39.8 Å².